The Morgan fingerprint density at radius 2 is 2.00 bits per heavy atom. The van der Waals surface area contributed by atoms with Crippen molar-refractivity contribution in [2.24, 2.45) is 16.5 Å². The zero-order chi connectivity index (χ0) is 15.3. The number of allylic oxidation sites excluding steroid dienone is 1. The molecular formula is C13H17N3O3S. The van der Waals surface area contributed by atoms with E-state index >= 15 is 0 Å². The topological polar surface area (TPSA) is 116 Å². The fourth-order valence-corrected chi connectivity index (χ4v) is 2.46. The number of nitrogens with zero attached hydrogens (tertiary/aromatic N) is 1. The minimum atomic E-state index is -3.46. The van der Waals surface area contributed by atoms with Gasteiger partial charge < -0.3 is 11.5 Å². The third kappa shape index (κ3) is 4.20. The van der Waals surface area contributed by atoms with Crippen molar-refractivity contribution in [2.45, 2.75) is 18.2 Å². The van der Waals surface area contributed by atoms with Gasteiger partial charge in [-0.05, 0) is 24.1 Å². The molecule has 0 fully saturated rings. The number of rotatable bonds is 4. The van der Waals surface area contributed by atoms with Gasteiger partial charge in [0.25, 0.3) is 5.91 Å². The third-order valence-electron chi connectivity index (χ3n) is 2.42. The van der Waals surface area contributed by atoms with Gasteiger partial charge in [0, 0.05) is 11.8 Å². The number of sulfone groups is 1. The molecule has 0 bridgehead atoms. The van der Waals surface area contributed by atoms with Gasteiger partial charge in [-0.3, -0.25) is 4.79 Å². The van der Waals surface area contributed by atoms with Gasteiger partial charge in [-0.1, -0.05) is 25.1 Å². The predicted molar refractivity (Wildman–Crippen MR) is 79.0 cm³/mol. The van der Waals surface area contributed by atoms with E-state index < -0.39 is 15.7 Å². The van der Waals surface area contributed by atoms with Crippen LogP contribution in [0.15, 0.2) is 34.2 Å². The normalized spacial score (nSPS) is 11.5. The van der Waals surface area contributed by atoms with E-state index in [2.05, 4.69) is 4.99 Å². The molecule has 0 saturated carbocycles. The van der Waals surface area contributed by atoms with E-state index in [1.54, 1.807) is 12.1 Å². The fourth-order valence-electron chi connectivity index (χ4n) is 1.55. The quantitative estimate of drug-likeness (QED) is 0.633. The van der Waals surface area contributed by atoms with Gasteiger partial charge >= 0.3 is 0 Å². The van der Waals surface area contributed by atoms with E-state index in [9.17, 15) is 13.2 Å². The summed E-state index contributed by atoms with van der Waals surface area (Å²) < 4.78 is 23.6. The lowest BCUT2D eigenvalue weighted by molar-refractivity contribution is 0.100. The fraction of sp³-hybridized carbons (Fsp3) is 0.231. The molecule has 0 spiro atoms. The van der Waals surface area contributed by atoms with Crippen LogP contribution in [0.25, 0.3) is 6.08 Å². The smallest absolute Gasteiger partial charge is 0.280 e. The van der Waals surface area contributed by atoms with Crippen LogP contribution in [0.5, 0.6) is 0 Å². The SMILES string of the molecule is CCC=Cc1ccc(C(=O)N=C(N)N)cc1S(C)(=O)=O. The van der Waals surface area contributed by atoms with Crippen LogP contribution < -0.4 is 11.5 Å². The number of nitrogens with two attached hydrogens (primary N) is 2. The highest BCUT2D eigenvalue weighted by atomic mass is 32.2. The number of hydrogen-bond acceptors (Lipinski definition) is 3. The van der Waals surface area contributed by atoms with E-state index in [4.69, 9.17) is 11.5 Å². The van der Waals surface area contributed by atoms with E-state index in [1.165, 1.54) is 12.1 Å². The van der Waals surface area contributed by atoms with Gasteiger partial charge in [0.15, 0.2) is 15.8 Å². The summed E-state index contributed by atoms with van der Waals surface area (Å²) in [7, 11) is -3.46. The van der Waals surface area contributed by atoms with Crippen molar-refractivity contribution in [2.75, 3.05) is 6.26 Å². The van der Waals surface area contributed by atoms with Gasteiger partial charge in [0.2, 0.25) is 0 Å². The second-order valence-corrected chi connectivity index (χ2v) is 6.16. The molecule has 4 N–H and O–H groups in total. The number of hydrogen-bond donors (Lipinski definition) is 2. The highest BCUT2D eigenvalue weighted by Crippen LogP contribution is 2.20. The summed E-state index contributed by atoms with van der Waals surface area (Å²) in [6, 6.07) is 4.32. The highest BCUT2D eigenvalue weighted by Gasteiger charge is 2.15. The van der Waals surface area contributed by atoms with Gasteiger partial charge in [0.1, 0.15) is 0 Å². The lowest BCUT2D eigenvalue weighted by Crippen LogP contribution is -2.24. The Morgan fingerprint density at radius 1 is 1.35 bits per heavy atom. The van der Waals surface area contributed by atoms with Gasteiger partial charge in [0.05, 0.1) is 4.90 Å². The number of aliphatic imine (C=N–C) groups is 1. The number of amides is 1. The van der Waals surface area contributed by atoms with Crippen molar-refractivity contribution in [1.29, 1.82) is 0 Å². The van der Waals surface area contributed by atoms with Crippen LogP contribution in [0.2, 0.25) is 0 Å². The average molecular weight is 295 g/mol. The zero-order valence-electron chi connectivity index (χ0n) is 11.3. The van der Waals surface area contributed by atoms with Crippen LogP contribution in [0, 0.1) is 0 Å². The summed E-state index contributed by atoms with van der Waals surface area (Å²) in [5.74, 6) is -1.05. The molecule has 7 heteroatoms. The molecule has 20 heavy (non-hydrogen) atoms. The summed E-state index contributed by atoms with van der Waals surface area (Å²) in [4.78, 5) is 15.2. The molecular weight excluding hydrogens is 278 g/mol. The maximum absolute atomic E-state index is 11.8. The molecule has 0 radical (unpaired) electrons. The van der Waals surface area contributed by atoms with Crippen molar-refractivity contribution < 1.29 is 13.2 Å². The van der Waals surface area contributed by atoms with E-state index in [-0.39, 0.29) is 16.4 Å². The first-order valence-corrected chi connectivity index (χ1v) is 7.79. The molecule has 0 unspecified atom stereocenters. The van der Waals surface area contributed by atoms with Crippen LogP contribution >= 0.6 is 0 Å². The first-order valence-electron chi connectivity index (χ1n) is 5.90. The summed E-state index contributed by atoms with van der Waals surface area (Å²) in [6.45, 7) is 1.94. The molecule has 0 heterocycles. The second kappa shape index (κ2) is 6.33. The average Bonchev–Trinajstić information content (AvgIpc) is 2.34. The monoisotopic (exact) mass is 295 g/mol. The van der Waals surface area contributed by atoms with Crippen LogP contribution in [-0.4, -0.2) is 26.5 Å². The van der Waals surface area contributed by atoms with Crippen molar-refractivity contribution in [3.8, 4) is 0 Å². The molecule has 0 aliphatic rings. The van der Waals surface area contributed by atoms with Crippen molar-refractivity contribution in [1.82, 2.24) is 0 Å². The van der Waals surface area contributed by atoms with Crippen molar-refractivity contribution in [3.05, 3.63) is 35.4 Å². The Hall–Kier alpha value is -2.15. The second-order valence-electron chi connectivity index (χ2n) is 4.18. The van der Waals surface area contributed by atoms with Gasteiger partial charge in [-0.15, -0.1) is 0 Å². The lowest BCUT2D eigenvalue weighted by Gasteiger charge is -2.06. The van der Waals surface area contributed by atoms with Crippen LogP contribution in [-0.2, 0) is 9.84 Å². The van der Waals surface area contributed by atoms with Crippen LogP contribution in [0.3, 0.4) is 0 Å². The molecule has 1 aromatic rings. The predicted octanol–water partition coefficient (Wildman–Crippen LogP) is 0.927. The van der Waals surface area contributed by atoms with Crippen LogP contribution in [0.1, 0.15) is 29.3 Å². The molecule has 0 saturated heterocycles. The molecule has 0 aliphatic carbocycles. The Bertz CT molecular complexity index is 672. The van der Waals surface area contributed by atoms with Gasteiger partial charge in [-0.2, -0.15) is 4.99 Å². The number of carbonyl (C=O) groups excluding carboxylic acids is 1. The summed E-state index contributed by atoms with van der Waals surface area (Å²) >= 11 is 0. The Balaban J connectivity index is 3.39. The van der Waals surface area contributed by atoms with E-state index in [0.717, 1.165) is 12.7 Å². The van der Waals surface area contributed by atoms with E-state index in [1.807, 2.05) is 13.0 Å². The molecule has 6 nitrogen and oxygen atoms in total. The molecule has 1 amide bonds. The molecule has 0 atom stereocenters. The summed E-state index contributed by atoms with van der Waals surface area (Å²) in [5.41, 5.74) is 10.9. The Kier molecular flexibility index (Phi) is 5.04. The molecule has 108 valence electrons. The maximum atomic E-state index is 11.8. The largest absolute Gasteiger partial charge is 0.370 e. The zero-order valence-corrected chi connectivity index (χ0v) is 12.1. The van der Waals surface area contributed by atoms with Gasteiger partial charge in [-0.25, -0.2) is 8.42 Å². The number of guanidine groups is 1. The number of carbonyl (C=O) groups is 1. The third-order valence-corrected chi connectivity index (χ3v) is 3.58. The Labute approximate surface area is 118 Å². The van der Waals surface area contributed by atoms with Crippen molar-refractivity contribution >= 4 is 27.8 Å². The number of benzene rings is 1. The highest BCUT2D eigenvalue weighted by molar-refractivity contribution is 7.90. The first kappa shape index (κ1) is 15.9. The first-order chi connectivity index (χ1) is 9.25. The molecule has 0 aromatic heterocycles. The lowest BCUT2D eigenvalue weighted by atomic mass is 10.1. The summed E-state index contributed by atoms with van der Waals surface area (Å²) in [5, 5.41) is 0. The minimum absolute atomic E-state index is 0.0684. The standard InChI is InChI=1S/C13H17N3O3S/c1-3-4-5-9-6-7-10(12(17)16-13(14)15)8-11(9)20(2,18)19/h4-8H,3H2,1-2H3,(H4,14,15,16,17). The minimum Gasteiger partial charge on any atom is -0.370 e. The summed E-state index contributed by atoms with van der Waals surface area (Å²) in [6.07, 6.45) is 5.39. The molecule has 1 aromatic carbocycles. The van der Waals surface area contributed by atoms with E-state index in [0.29, 0.717) is 5.56 Å². The maximum Gasteiger partial charge on any atom is 0.280 e. The molecule has 0 aliphatic heterocycles. The van der Waals surface area contributed by atoms with Crippen molar-refractivity contribution in [3.63, 3.8) is 0 Å². The Morgan fingerprint density at radius 3 is 2.50 bits per heavy atom. The molecule has 1 rings (SSSR count). The van der Waals surface area contributed by atoms with Crippen LogP contribution in [0.4, 0.5) is 0 Å².